The van der Waals surface area contributed by atoms with Crippen LogP contribution in [0.4, 0.5) is 5.69 Å². The second kappa shape index (κ2) is 10.6. The molecule has 5 nitrogen and oxygen atoms in total. The van der Waals surface area contributed by atoms with E-state index in [-0.39, 0.29) is 24.1 Å². The van der Waals surface area contributed by atoms with E-state index in [2.05, 4.69) is 10.6 Å². The summed E-state index contributed by atoms with van der Waals surface area (Å²) in [6, 6.07) is 14.3. The highest BCUT2D eigenvalue weighted by Crippen LogP contribution is 2.21. The number of hydrogen-bond acceptors (Lipinski definition) is 4. The van der Waals surface area contributed by atoms with Crippen molar-refractivity contribution in [1.29, 1.82) is 0 Å². The van der Waals surface area contributed by atoms with Gasteiger partial charge in [-0.15, -0.1) is 12.4 Å². The molecule has 2 aromatic carbocycles. The fraction of sp³-hybridized carbons (Fsp3) is 0.286. The van der Waals surface area contributed by atoms with E-state index >= 15 is 0 Å². The summed E-state index contributed by atoms with van der Waals surface area (Å²) in [7, 11) is 0. The molecule has 144 valence electrons. The predicted molar refractivity (Wildman–Crippen MR) is 111 cm³/mol. The summed E-state index contributed by atoms with van der Waals surface area (Å²) in [5, 5.41) is 15.9. The van der Waals surface area contributed by atoms with Crippen LogP contribution in [0.15, 0.2) is 54.6 Å². The van der Waals surface area contributed by atoms with Gasteiger partial charge in [-0.25, -0.2) is 0 Å². The van der Waals surface area contributed by atoms with Gasteiger partial charge in [0.25, 0.3) is 0 Å². The smallest absolute Gasteiger partial charge is 0.248 e. The lowest BCUT2D eigenvalue weighted by molar-refractivity contribution is -0.111. The van der Waals surface area contributed by atoms with E-state index < -0.39 is 0 Å². The molecule has 1 saturated heterocycles. The lowest BCUT2D eigenvalue weighted by Crippen LogP contribution is -2.30. The number of ether oxygens (including phenoxy) is 1. The van der Waals surface area contributed by atoms with Crippen molar-refractivity contribution in [3.8, 4) is 11.5 Å². The first-order chi connectivity index (χ1) is 12.7. The van der Waals surface area contributed by atoms with Gasteiger partial charge in [-0.2, -0.15) is 0 Å². The Balaban J connectivity index is 0.00000261. The third-order valence-corrected chi connectivity index (χ3v) is 4.40. The zero-order valence-corrected chi connectivity index (χ0v) is 15.9. The molecule has 1 heterocycles. The van der Waals surface area contributed by atoms with Crippen molar-refractivity contribution in [3.63, 3.8) is 0 Å². The van der Waals surface area contributed by atoms with E-state index in [0.29, 0.717) is 23.8 Å². The summed E-state index contributed by atoms with van der Waals surface area (Å²) < 4.78 is 5.88. The number of aromatic hydroxyl groups is 1. The topological polar surface area (TPSA) is 70.6 Å². The van der Waals surface area contributed by atoms with E-state index in [0.717, 1.165) is 31.7 Å². The summed E-state index contributed by atoms with van der Waals surface area (Å²) in [5.41, 5.74) is 1.28. The lowest BCUT2D eigenvalue weighted by Gasteiger charge is -2.22. The number of phenolic OH excluding ortho intramolecular Hbond substituents is 1. The maximum atomic E-state index is 12.1. The third-order valence-electron chi connectivity index (χ3n) is 4.40. The van der Waals surface area contributed by atoms with Crippen molar-refractivity contribution in [2.45, 2.75) is 12.8 Å². The van der Waals surface area contributed by atoms with Crippen molar-refractivity contribution in [1.82, 2.24) is 5.32 Å². The number of hydrogen-bond donors (Lipinski definition) is 3. The number of carbonyl (C=O) groups is 1. The Morgan fingerprint density at radius 3 is 2.74 bits per heavy atom. The van der Waals surface area contributed by atoms with Crippen molar-refractivity contribution in [3.05, 3.63) is 60.2 Å². The molecule has 1 aliphatic heterocycles. The van der Waals surface area contributed by atoms with Gasteiger partial charge >= 0.3 is 0 Å². The minimum atomic E-state index is -0.260. The second-order valence-corrected chi connectivity index (χ2v) is 6.41. The molecule has 3 rings (SSSR count). The number of rotatable bonds is 6. The Bertz CT molecular complexity index is 774. The average molecular weight is 389 g/mol. The molecule has 0 aromatic heterocycles. The molecule has 27 heavy (non-hydrogen) atoms. The maximum Gasteiger partial charge on any atom is 0.248 e. The molecular formula is C21H25ClN2O3. The first kappa shape index (κ1) is 20.8. The van der Waals surface area contributed by atoms with Gasteiger partial charge in [0.2, 0.25) is 5.91 Å². The molecule has 0 unspecified atom stereocenters. The lowest BCUT2D eigenvalue weighted by atomic mass is 9.99. The number of anilines is 1. The van der Waals surface area contributed by atoms with Gasteiger partial charge < -0.3 is 20.5 Å². The Morgan fingerprint density at radius 2 is 1.96 bits per heavy atom. The Morgan fingerprint density at radius 1 is 1.19 bits per heavy atom. The van der Waals surface area contributed by atoms with E-state index in [1.54, 1.807) is 30.3 Å². The quantitative estimate of drug-likeness (QED) is 0.657. The SMILES string of the molecule is Cl.O=C(/C=C/c1ccccc1O)Nc1cccc(OCC2CCNCC2)c1. The first-order valence-corrected chi connectivity index (χ1v) is 8.91. The Hall–Kier alpha value is -2.50. The molecule has 1 amide bonds. The fourth-order valence-corrected chi connectivity index (χ4v) is 2.90. The molecule has 6 heteroatoms. The summed E-state index contributed by atoms with van der Waals surface area (Å²) in [5.74, 6) is 1.22. The van der Waals surface area contributed by atoms with Crippen LogP contribution in [0.1, 0.15) is 18.4 Å². The van der Waals surface area contributed by atoms with E-state index in [1.807, 2.05) is 24.3 Å². The summed E-state index contributed by atoms with van der Waals surface area (Å²) in [6.07, 6.45) is 5.25. The Labute approximate surface area is 165 Å². The van der Waals surface area contributed by atoms with Crippen LogP contribution in [-0.2, 0) is 4.79 Å². The fourth-order valence-electron chi connectivity index (χ4n) is 2.90. The predicted octanol–water partition coefficient (Wildman–Crippen LogP) is 3.84. The molecule has 0 aliphatic carbocycles. The van der Waals surface area contributed by atoms with Crippen LogP contribution in [0.2, 0.25) is 0 Å². The number of benzene rings is 2. The van der Waals surface area contributed by atoms with Crippen molar-refractivity contribution >= 4 is 30.1 Å². The highest BCUT2D eigenvalue weighted by Gasteiger charge is 2.13. The highest BCUT2D eigenvalue weighted by atomic mass is 35.5. The number of nitrogens with one attached hydrogen (secondary N) is 2. The van der Waals surface area contributed by atoms with Gasteiger partial charge in [0.1, 0.15) is 11.5 Å². The number of halogens is 1. The van der Waals surface area contributed by atoms with Crippen molar-refractivity contribution in [2.24, 2.45) is 5.92 Å². The molecule has 0 spiro atoms. The summed E-state index contributed by atoms with van der Waals surface area (Å²) >= 11 is 0. The summed E-state index contributed by atoms with van der Waals surface area (Å²) in [6.45, 7) is 2.80. The standard InChI is InChI=1S/C21H24N2O3.ClH/c24-20-7-2-1-4-17(20)8-9-21(25)23-18-5-3-6-19(14-18)26-15-16-10-12-22-13-11-16;/h1-9,14,16,22,24H,10-13,15H2,(H,23,25);1H/b9-8+;. The van der Waals surface area contributed by atoms with Crippen LogP contribution in [0.3, 0.4) is 0 Å². The van der Waals surface area contributed by atoms with Crippen LogP contribution >= 0.6 is 12.4 Å². The molecule has 3 N–H and O–H groups in total. The van der Waals surface area contributed by atoms with Crippen LogP contribution in [0.25, 0.3) is 6.08 Å². The normalized spacial score (nSPS) is 14.5. The summed E-state index contributed by atoms with van der Waals surface area (Å²) in [4.78, 5) is 12.1. The molecule has 2 aromatic rings. The van der Waals surface area contributed by atoms with Crippen molar-refractivity contribution < 1.29 is 14.6 Å². The first-order valence-electron chi connectivity index (χ1n) is 8.91. The third kappa shape index (κ3) is 6.62. The molecule has 0 saturated carbocycles. The van der Waals surface area contributed by atoms with Gasteiger partial charge in [0, 0.05) is 23.4 Å². The number of carbonyl (C=O) groups excluding carboxylic acids is 1. The van der Waals surface area contributed by atoms with Crippen LogP contribution < -0.4 is 15.4 Å². The largest absolute Gasteiger partial charge is 0.507 e. The molecular weight excluding hydrogens is 364 g/mol. The van der Waals surface area contributed by atoms with Crippen LogP contribution in [-0.4, -0.2) is 30.7 Å². The minimum absolute atomic E-state index is 0. The van der Waals surface area contributed by atoms with Gasteiger partial charge in [0.05, 0.1) is 6.61 Å². The van der Waals surface area contributed by atoms with E-state index in [1.165, 1.54) is 6.08 Å². The highest BCUT2D eigenvalue weighted by molar-refractivity contribution is 6.02. The zero-order valence-electron chi connectivity index (χ0n) is 15.1. The van der Waals surface area contributed by atoms with Crippen LogP contribution in [0, 0.1) is 5.92 Å². The van der Waals surface area contributed by atoms with Crippen LogP contribution in [0.5, 0.6) is 11.5 Å². The zero-order chi connectivity index (χ0) is 18.2. The minimum Gasteiger partial charge on any atom is -0.507 e. The maximum absolute atomic E-state index is 12.1. The molecule has 1 aliphatic rings. The molecule has 0 atom stereocenters. The number of amides is 1. The van der Waals surface area contributed by atoms with E-state index in [4.69, 9.17) is 4.74 Å². The Kier molecular flexibility index (Phi) is 8.17. The molecule has 1 fully saturated rings. The number of piperidine rings is 1. The van der Waals surface area contributed by atoms with E-state index in [9.17, 15) is 9.90 Å². The van der Waals surface area contributed by atoms with Crippen molar-refractivity contribution in [2.75, 3.05) is 25.0 Å². The number of para-hydroxylation sites is 1. The second-order valence-electron chi connectivity index (χ2n) is 6.41. The monoisotopic (exact) mass is 388 g/mol. The van der Waals surface area contributed by atoms with Gasteiger partial charge in [-0.1, -0.05) is 24.3 Å². The average Bonchev–Trinajstić information content (AvgIpc) is 2.67. The molecule has 0 bridgehead atoms. The number of phenols is 1. The van der Waals surface area contributed by atoms with Gasteiger partial charge in [-0.3, -0.25) is 4.79 Å². The van der Waals surface area contributed by atoms with Gasteiger partial charge in [-0.05, 0) is 56.1 Å². The molecule has 0 radical (unpaired) electrons. The van der Waals surface area contributed by atoms with Gasteiger partial charge in [0.15, 0.2) is 0 Å².